The zero-order valence-electron chi connectivity index (χ0n) is 9.51. The number of aliphatic hydroxyl groups excluding tert-OH is 1. The van der Waals surface area contributed by atoms with Crippen LogP contribution >= 0.6 is 11.8 Å². The van der Waals surface area contributed by atoms with Crippen molar-refractivity contribution in [2.45, 2.75) is 18.4 Å². The average Bonchev–Trinajstić information content (AvgIpc) is 2.72. The fourth-order valence-corrected chi connectivity index (χ4v) is 4.73. The van der Waals surface area contributed by atoms with Crippen molar-refractivity contribution in [1.82, 2.24) is 14.5 Å². The minimum atomic E-state index is -3.53. The van der Waals surface area contributed by atoms with Crippen LogP contribution in [0.1, 0.15) is 11.4 Å². The van der Waals surface area contributed by atoms with E-state index >= 15 is 0 Å². The molecular weight excluding hydrogens is 262 g/mol. The summed E-state index contributed by atoms with van der Waals surface area (Å²) >= 11 is 1.75. The van der Waals surface area contributed by atoms with Crippen molar-refractivity contribution < 1.29 is 13.5 Å². The SMILES string of the molecule is Cc1[nH]nc(CO)c1S(=O)(=O)N1CCSCC1. The largest absolute Gasteiger partial charge is 0.390 e. The molecule has 0 spiro atoms. The molecule has 1 fully saturated rings. The first-order valence-electron chi connectivity index (χ1n) is 5.30. The molecule has 0 amide bonds. The minimum Gasteiger partial charge on any atom is -0.390 e. The standard InChI is InChI=1S/C9H15N3O3S2/c1-7-9(8(6-13)11-10-7)17(14,15)12-2-4-16-5-3-12/h13H,2-6H2,1H3,(H,10,11). The van der Waals surface area contributed by atoms with E-state index < -0.39 is 10.0 Å². The van der Waals surface area contributed by atoms with Gasteiger partial charge in [-0.2, -0.15) is 21.2 Å². The lowest BCUT2D eigenvalue weighted by molar-refractivity contribution is 0.273. The second-order valence-corrected chi connectivity index (χ2v) is 6.90. The molecule has 2 rings (SSSR count). The number of nitrogens with one attached hydrogen (secondary N) is 1. The summed E-state index contributed by atoms with van der Waals surface area (Å²) < 4.78 is 26.2. The smallest absolute Gasteiger partial charge is 0.246 e. The lowest BCUT2D eigenvalue weighted by Gasteiger charge is -2.25. The average molecular weight is 277 g/mol. The van der Waals surface area contributed by atoms with Crippen molar-refractivity contribution in [3.8, 4) is 0 Å². The fraction of sp³-hybridized carbons (Fsp3) is 0.667. The van der Waals surface area contributed by atoms with Crippen LogP contribution in [0.25, 0.3) is 0 Å². The van der Waals surface area contributed by atoms with Gasteiger partial charge >= 0.3 is 0 Å². The predicted molar refractivity (Wildman–Crippen MR) is 65.3 cm³/mol. The molecule has 1 saturated heterocycles. The Labute approximate surface area is 104 Å². The molecule has 17 heavy (non-hydrogen) atoms. The predicted octanol–water partition coefficient (Wildman–Crippen LogP) is -0.0521. The van der Waals surface area contributed by atoms with Crippen LogP contribution in [0.4, 0.5) is 0 Å². The molecule has 1 aromatic rings. The van der Waals surface area contributed by atoms with E-state index in [4.69, 9.17) is 5.11 Å². The maximum Gasteiger partial charge on any atom is 0.246 e. The van der Waals surface area contributed by atoms with Gasteiger partial charge in [-0.25, -0.2) is 8.42 Å². The van der Waals surface area contributed by atoms with Crippen molar-refractivity contribution in [3.63, 3.8) is 0 Å². The van der Waals surface area contributed by atoms with E-state index in [2.05, 4.69) is 10.2 Å². The van der Waals surface area contributed by atoms with Gasteiger partial charge in [0.15, 0.2) is 0 Å². The third-order valence-corrected chi connectivity index (χ3v) is 5.72. The molecule has 0 aliphatic carbocycles. The number of aromatic nitrogens is 2. The van der Waals surface area contributed by atoms with Crippen LogP contribution in [0.15, 0.2) is 4.90 Å². The summed E-state index contributed by atoms with van der Waals surface area (Å²) in [6.07, 6.45) is 0. The van der Waals surface area contributed by atoms with Crippen molar-refractivity contribution >= 4 is 21.8 Å². The van der Waals surface area contributed by atoms with Crippen LogP contribution in [0, 0.1) is 6.92 Å². The van der Waals surface area contributed by atoms with Gasteiger partial charge in [-0.3, -0.25) is 5.10 Å². The monoisotopic (exact) mass is 277 g/mol. The number of thioether (sulfide) groups is 1. The molecule has 96 valence electrons. The van der Waals surface area contributed by atoms with Gasteiger partial charge < -0.3 is 5.11 Å². The number of aryl methyl sites for hydroxylation is 1. The second-order valence-electron chi connectivity index (χ2n) is 3.80. The molecule has 2 N–H and O–H groups in total. The molecule has 0 atom stereocenters. The molecule has 8 heteroatoms. The summed E-state index contributed by atoms with van der Waals surface area (Å²) in [6.45, 7) is 2.31. The Morgan fingerprint density at radius 2 is 2.12 bits per heavy atom. The number of aliphatic hydroxyl groups is 1. The van der Waals surface area contributed by atoms with Crippen LogP contribution in [0.5, 0.6) is 0 Å². The summed E-state index contributed by atoms with van der Waals surface area (Å²) in [5.74, 6) is 1.62. The lowest BCUT2D eigenvalue weighted by atomic mass is 10.4. The van der Waals surface area contributed by atoms with E-state index in [0.29, 0.717) is 18.8 Å². The summed E-state index contributed by atoms with van der Waals surface area (Å²) in [5, 5.41) is 15.5. The van der Waals surface area contributed by atoms with E-state index in [1.807, 2.05) is 0 Å². The number of rotatable bonds is 3. The van der Waals surface area contributed by atoms with E-state index in [-0.39, 0.29) is 17.2 Å². The Kier molecular flexibility index (Phi) is 3.76. The summed E-state index contributed by atoms with van der Waals surface area (Å²) in [5.41, 5.74) is 0.674. The van der Waals surface area contributed by atoms with Crippen LogP contribution in [0.3, 0.4) is 0 Å². The van der Waals surface area contributed by atoms with Gasteiger partial charge in [-0.05, 0) is 6.92 Å². The second kappa shape index (κ2) is 4.97. The highest BCUT2D eigenvalue weighted by Crippen LogP contribution is 2.24. The van der Waals surface area contributed by atoms with E-state index in [9.17, 15) is 8.42 Å². The van der Waals surface area contributed by atoms with Gasteiger partial charge in [0.1, 0.15) is 10.6 Å². The van der Waals surface area contributed by atoms with Gasteiger partial charge in [-0.1, -0.05) is 0 Å². The van der Waals surface area contributed by atoms with Crippen molar-refractivity contribution in [2.24, 2.45) is 0 Å². The van der Waals surface area contributed by atoms with Crippen LogP contribution in [-0.4, -0.2) is 52.6 Å². The van der Waals surface area contributed by atoms with E-state index in [1.54, 1.807) is 18.7 Å². The molecule has 0 saturated carbocycles. The molecule has 0 aromatic carbocycles. The van der Waals surface area contributed by atoms with Gasteiger partial charge in [0.2, 0.25) is 10.0 Å². The van der Waals surface area contributed by atoms with Crippen LogP contribution in [0.2, 0.25) is 0 Å². The number of hydrogen-bond acceptors (Lipinski definition) is 5. The Bertz CT molecular complexity index is 492. The Hall–Kier alpha value is -0.570. The molecule has 0 unspecified atom stereocenters. The summed E-state index contributed by atoms with van der Waals surface area (Å²) in [7, 11) is -3.53. The maximum absolute atomic E-state index is 12.4. The molecule has 0 bridgehead atoms. The van der Waals surface area contributed by atoms with Crippen molar-refractivity contribution in [1.29, 1.82) is 0 Å². The van der Waals surface area contributed by atoms with E-state index in [1.165, 1.54) is 4.31 Å². The third kappa shape index (κ3) is 2.35. The number of aromatic amines is 1. The topological polar surface area (TPSA) is 86.3 Å². The molecule has 1 aliphatic heterocycles. The van der Waals surface area contributed by atoms with Gasteiger partial charge in [0, 0.05) is 24.6 Å². The molecule has 6 nitrogen and oxygen atoms in total. The summed E-state index contributed by atoms with van der Waals surface area (Å²) in [4.78, 5) is 0.131. The lowest BCUT2D eigenvalue weighted by Crippen LogP contribution is -2.38. The number of sulfonamides is 1. The molecule has 1 aromatic heterocycles. The Morgan fingerprint density at radius 1 is 1.47 bits per heavy atom. The Morgan fingerprint density at radius 3 is 2.71 bits per heavy atom. The Balaban J connectivity index is 2.39. The number of H-pyrrole nitrogens is 1. The van der Waals surface area contributed by atoms with Crippen LogP contribution in [-0.2, 0) is 16.6 Å². The molecule has 2 heterocycles. The van der Waals surface area contributed by atoms with Crippen molar-refractivity contribution in [3.05, 3.63) is 11.4 Å². The number of nitrogens with zero attached hydrogens (tertiary/aromatic N) is 2. The zero-order valence-corrected chi connectivity index (χ0v) is 11.1. The van der Waals surface area contributed by atoms with Gasteiger partial charge in [0.25, 0.3) is 0 Å². The first kappa shape index (κ1) is 12.9. The third-order valence-electron chi connectivity index (χ3n) is 2.68. The normalized spacial score (nSPS) is 18.5. The van der Waals surface area contributed by atoms with Gasteiger partial charge in [-0.15, -0.1) is 0 Å². The highest BCUT2D eigenvalue weighted by atomic mass is 32.2. The molecular formula is C9H15N3O3S2. The van der Waals surface area contributed by atoms with E-state index in [0.717, 1.165) is 11.5 Å². The molecule has 1 aliphatic rings. The van der Waals surface area contributed by atoms with Crippen LogP contribution < -0.4 is 0 Å². The maximum atomic E-state index is 12.4. The first-order valence-corrected chi connectivity index (χ1v) is 7.89. The minimum absolute atomic E-state index is 0.131. The first-order chi connectivity index (χ1) is 8.07. The molecule has 0 radical (unpaired) electrons. The van der Waals surface area contributed by atoms with Gasteiger partial charge in [0.05, 0.1) is 12.3 Å². The fourth-order valence-electron chi connectivity index (χ4n) is 1.83. The van der Waals surface area contributed by atoms with Crippen molar-refractivity contribution in [2.75, 3.05) is 24.6 Å². The quantitative estimate of drug-likeness (QED) is 0.809. The highest BCUT2D eigenvalue weighted by molar-refractivity contribution is 7.99. The number of hydrogen-bond donors (Lipinski definition) is 2. The highest BCUT2D eigenvalue weighted by Gasteiger charge is 2.31. The summed E-state index contributed by atoms with van der Waals surface area (Å²) in [6, 6.07) is 0. The zero-order chi connectivity index (χ0) is 12.5.